The second-order valence-electron chi connectivity index (χ2n) is 8.56. The lowest BCUT2D eigenvalue weighted by Gasteiger charge is -2.45. The molecule has 14 nitrogen and oxygen atoms in total. The maximum Gasteiger partial charge on any atom is 0.320 e. The summed E-state index contributed by atoms with van der Waals surface area (Å²) in [5, 5.41) is 0. The van der Waals surface area contributed by atoms with Crippen LogP contribution in [0, 0.1) is 11.8 Å². The molecular weight excluding hydrogens is 488 g/mol. The van der Waals surface area contributed by atoms with Gasteiger partial charge < -0.3 is 33.2 Å². The minimum Gasteiger partial charge on any atom is -0.463 e. The van der Waals surface area contributed by atoms with Crippen LogP contribution in [0.2, 0.25) is 0 Å². The van der Waals surface area contributed by atoms with E-state index in [1.54, 1.807) is 0 Å². The average molecular weight is 514 g/mol. The summed E-state index contributed by atoms with van der Waals surface area (Å²) in [5.41, 5.74) is 0. The largest absolute Gasteiger partial charge is 0.463 e. The van der Waals surface area contributed by atoms with Crippen molar-refractivity contribution in [2.24, 2.45) is 11.8 Å². The molecule has 0 aromatic rings. The Labute approximate surface area is 204 Å². The molecule has 0 amide bonds. The number of hydrogen-bond acceptors (Lipinski definition) is 14. The van der Waals surface area contributed by atoms with E-state index >= 15 is 0 Å². The first-order valence-corrected chi connectivity index (χ1v) is 11.1. The number of esters is 6. The summed E-state index contributed by atoms with van der Waals surface area (Å²) in [7, 11) is 0. The molecule has 1 saturated carbocycles. The van der Waals surface area contributed by atoms with Gasteiger partial charge in [0.25, 0.3) is 0 Å². The third kappa shape index (κ3) is 6.23. The second kappa shape index (κ2) is 11.1. The molecule has 0 aromatic carbocycles. The number of ether oxygens (including phenoxy) is 7. The van der Waals surface area contributed by atoms with Gasteiger partial charge in [0.15, 0.2) is 24.6 Å². The number of cyclic esters (lactones) is 2. The van der Waals surface area contributed by atoms with Gasteiger partial charge in [0.05, 0.1) is 17.9 Å². The Bertz CT molecular complexity index is 956. The van der Waals surface area contributed by atoms with Gasteiger partial charge in [0.2, 0.25) is 0 Å². The summed E-state index contributed by atoms with van der Waals surface area (Å²) < 4.78 is 37.3. The van der Waals surface area contributed by atoms with Crippen molar-refractivity contribution in [1.29, 1.82) is 0 Å². The predicted octanol–water partition coefficient (Wildman–Crippen LogP) is -0.867. The molecule has 3 aliphatic rings. The van der Waals surface area contributed by atoms with Gasteiger partial charge in [-0.1, -0.05) is 0 Å². The molecule has 2 heterocycles. The number of carbonyl (C=O) groups is 7. The van der Waals surface area contributed by atoms with Crippen molar-refractivity contribution >= 4 is 41.6 Å². The normalized spacial score (nSPS) is 33.7. The molecule has 3 fully saturated rings. The van der Waals surface area contributed by atoms with Gasteiger partial charge in [-0.25, -0.2) is 0 Å². The molecule has 2 saturated heterocycles. The molecule has 0 spiro atoms. The monoisotopic (exact) mass is 514 g/mol. The van der Waals surface area contributed by atoms with Crippen molar-refractivity contribution in [3.05, 3.63) is 0 Å². The molecule has 14 heteroatoms. The van der Waals surface area contributed by atoms with Crippen molar-refractivity contribution in [2.45, 2.75) is 77.3 Å². The summed E-state index contributed by atoms with van der Waals surface area (Å²) >= 11 is 0. The molecule has 0 bridgehead atoms. The van der Waals surface area contributed by atoms with Crippen LogP contribution in [0.1, 0.15) is 40.5 Å². The van der Waals surface area contributed by atoms with Gasteiger partial charge in [-0.15, -0.1) is 0 Å². The minimum atomic E-state index is -1.59. The first-order valence-electron chi connectivity index (χ1n) is 11.1. The fourth-order valence-corrected chi connectivity index (χ4v) is 4.46. The third-order valence-electron chi connectivity index (χ3n) is 5.74. The second-order valence-corrected chi connectivity index (χ2v) is 8.56. The molecule has 36 heavy (non-hydrogen) atoms. The Morgan fingerprint density at radius 3 is 1.94 bits per heavy atom. The molecule has 2 aliphatic heterocycles. The molecule has 0 unspecified atom stereocenters. The first kappa shape index (κ1) is 27.2. The lowest BCUT2D eigenvalue weighted by Crippen LogP contribution is -2.63. The standard InChI is InChI=1S/C22H26O14/c1-8(23)30-7-15-17(31-9(2)24)18(32-10(3)25)19(33-11(4)26)22(35-15)34-14-6-12(27)5-13-16(14)21(29)36-20(13)28/h13-19,22H,5-7H2,1-4H3/t13-,14+,15+,16-,17+,18-,19+,22+/m0/s1. The fraction of sp³-hybridized carbons (Fsp3) is 0.682. The van der Waals surface area contributed by atoms with E-state index in [1.807, 2.05) is 0 Å². The predicted molar refractivity (Wildman–Crippen MR) is 109 cm³/mol. The van der Waals surface area contributed by atoms with Gasteiger partial charge in [-0.05, 0) is 0 Å². The maximum absolute atomic E-state index is 12.3. The van der Waals surface area contributed by atoms with Gasteiger partial charge in [-0.2, -0.15) is 0 Å². The van der Waals surface area contributed by atoms with E-state index in [0.717, 1.165) is 27.7 Å². The average Bonchev–Trinajstić information content (AvgIpc) is 3.03. The van der Waals surface area contributed by atoms with Crippen molar-refractivity contribution in [3.63, 3.8) is 0 Å². The van der Waals surface area contributed by atoms with Crippen LogP contribution in [-0.2, 0) is 66.7 Å². The highest BCUT2D eigenvalue weighted by Gasteiger charge is 2.57. The van der Waals surface area contributed by atoms with Crippen LogP contribution < -0.4 is 0 Å². The van der Waals surface area contributed by atoms with E-state index in [1.165, 1.54) is 0 Å². The highest BCUT2D eigenvalue weighted by Crippen LogP contribution is 2.39. The highest BCUT2D eigenvalue weighted by atomic mass is 16.7. The van der Waals surface area contributed by atoms with Crippen LogP contribution in [0.3, 0.4) is 0 Å². The zero-order valence-electron chi connectivity index (χ0n) is 20.0. The molecular formula is C22H26O14. The topological polar surface area (TPSA) is 184 Å². The number of Topliss-reactive ketones (excluding diaryl/α,β-unsaturated/α-hetero) is 1. The highest BCUT2D eigenvalue weighted by molar-refractivity contribution is 6.01. The molecule has 8 atom stereocenters. The van der Waals surface area contributed by atoms with E-state index < -0.39 is 91.1 Å². The van der Waals surface area contributed by atoms with Crippen LogP contribution in [0.25, 0.3) is 0 Å². The number of carbonyl (C=O) groups excluding carboxylic acids is 7. The number of ketones is 1. The van der Waals surface area contributed by atoms with Gasteiger partial charge in [0.1, 0.15) is 18.5 Å². The van der Waals surface area contributed by atoms with Gasteiger partial charge in [0, 0.05) is 40.5 Å². The van der Waals surface area contributed by atoms with Crippen molar-refractivity contribution in [3.8, 4) is 0 Å². The van der Waals surface area contributed by atoms with Crippen LogP contribution >= 0.6 is 0 Å². The Balaban J connectivity index is 1.97. The van der Waals surface area contributed by atoms with Crippen molar-refractivity contribution in [1.82, 2.24) is 0 Å². The Morgan fingerprint density at radius 1 is 0.778 bits per heavy atom. The van der Waals surface area contributed by atoms with E-state index in [2.05, 4.69) is 4.74 Å². The SMILES string of the molecule is CC(=O)OC[C@H]1O[C@@H](O[C@@H]2CC(=O)C[C@@H]3C(=O)OC(=O)[C@@H]32)[C@H](OC(C)=O)[C@@H](OC(C)=O)[C@@H]1OC(C)=O. The molecule has 0 aromatic heterocycles. The molecule has 0 N–H and O–H groups in total. The summed E-state index contributed by atoms with van der Waals surface area (Å²) in [5.74, 6) is -7.46. The van der Waals surface area contributed by atoms with Crippen molar-refractivity contribution < 1.29 is 66.7 Å². The van der Waals surface area contributed by atoms with E-state index in [4.69, 9.17) is 28.4 Å². The number of rotatable bonds is 7. The molecule has 1 aliphatic carbocycles. The fourth-order valence-electron chi connectivity index (χ4n) is 4.46. The third-order valence-corrected chi connectivity index (χ3v) is 5.74. The number of fused-ring (bicyclic) bond motifs is 1. The molecule has 198 valence electrons. The molecule has 0 radical (unpaired) electrons. The smallest absolute Gasteiger partial charge is 0.320 e. The quantitative estimate of drug-likeness (QED) is 0.232. The van der Waals surface area contributed by atoms with Crippen molar-refractivity contribution in [2.75, 3.05) is 6.61 Å². The van der Waals surface area contributed by atoms with Gasteiger partial charge in [-0.3, -0.25) is 33.6 Å². The van der Waals surface area contributed by atoms with Crippen LogP contribution in [0.4, 0.5) is 0 Å². The summed E-state index contributed by atoms with van der Waals surface area (Å²) in [4.78, 5) is 83.7. The lowest BCUT2D eigenvalue weighted by atomic mass is 9.78. The Hall–Kier alpha value is -3.39. The minimum absolute atomic E-state index is 0.201. The summed E-state index contributed by atoms with van der Waals surface area (Å²) in [6.45, 7) is 3.84. The summed E-state index contributed by atoms with van der Waals surface area (Å²) in [6.07, 6.45) is -8.97. The number of hydrogen-bond donors (Lipinski definition) is 0. The Kier molecular flexibility index (Phi) is 8.40. The first-order chi connectivity index (χ1) is 16.9. The van der Waals surface area contributed by atoms with E-state index in [9.17, 15) is 33.6 Å². The Morgan fingerprint density at radius 2 is 1.36 bits per heavy atom. The van der Waals surface area contributed by atoms with E-state index in [-0.39, 0.29) is 18.6 Å². The maximum atomic E-state index is 12.3. The summed E-state index contributed by atoms with van der Waals surface area (Å²) in [6, 6.07) is 0. The van der Waals surface area contributed by atoms with E-state index in [0.29, 0.717) is 0 Å². The van der Waals surface area contributed by atoms with Crippen LogP contribution in [0.15, 0.2) is 0 Å². The van der Waals surface area contributed by atoms with Gasteiger partial charge >= 0.3 is 35.8 Å². The zero-order valence-corrected chi connectivity index (χ0v) is 20.0. The lowest BCUT2D eigenvalue weighted by molar-refractivity contribution is -0.320. The van der Waals surface area contributed by atoms with Crippen LogP contribution in [0.5, 0.6) is 0 Å². The van der Waals surface area contributed by atoms with Crippen LogP contribution in [-0.4, -0.2) is 85.0 Å². The molecule has 3 rings (SSSR count). The zero-order chi connectivity index (χ0) is 26.7.